The molecule has 0 saturated heterocycles. The van der Waals surface area contributed by atoms with E-state index >= 15 is 0 Å². The molecule has 0 aromatic heterocycles. The van der Waals surface area contributed by atoms with Crippen LogP contribution in [0.1, 0.15) is 89.2 Å². The van der Waals surface area contributed by atoms with Gasteiger partial charge < -0.3 is 0 Å². The Kier molecular flexibility index (Phi) is 7.03. The van der Waals surface area contributed by atoms with Crippen molar-refractivity contribution < 1.29 is 0 Å². The van der Waals surface area contributed by atoms with Crippen molar-refractivity contribution >= 4 is 43.1 Å². The zero-order valence-electron chi connectivity index (χ0n) is 24.8. The second kappa shape index (κ2) is 11.0. The Bertz CT molecular complexity index is 1730. The van der Waals surface area contributed by atoms with Crippen molar-refractivity contribution in [1.29, 1.82) is 0 Å². The van der Waals surface area contributed by atoms with Crippen LogP contribution < -0.4 is 0 Å². The van der Waals surface area contributed by atoms with Gasteiger partial charge in [-0.2, -0.15) is 0 Å². The van der Waals surface area contributed by atoms with Gasteiger partial charge in [0.2, 0.25) is 0 Å². The van der Waals surface area contributed by atoms with Crippen LogP contribution >= 0.6 is 0 Å². The van der Waals surface area contributed by atoms with Crippen LogP contribution in [0.15, 0.2) is 97.1 Å². The van der Waals surface area contributed by atoms with Gasteiger partial charge in [0.1, 0.15) is 0 Å². The van der Waals surface area contributed by atoms with Gasteiger partial charge in [-0.3, -0.25) is 0 Å². The minimum Gasteiger partial charge on any atom is -0.0654 e. The molecule has 6 aromatic rings. The molecule has 0 aliphatic heterocycles. The van der Waals surface area contributed by atoms with Gasteiger partial charge in [-0.1, -0.05) is 162 Å². The molecule has 1 aliphatic carbocycles. The van der Waals surface area contributed by atoms with Crippen molar-refractivity contribution in [3.8, 4) is 11.1 Å². The third-order valence-electron chi connectivity index (χ3n) is 9.99. The maximum absolute atomic E-state index is 2.43. The monoisotopic (exact) mass is 534 g/mol. The van der Waals surface area contributed by atoms with Gasteiger partial charge in [0.15, 0.2) is 0 Å². The number of hydrogen-bond acceptors (Lipinski definition) is 0. The summed E-state index contributed by atoms with van der Waals surface area (Å²) in [6, 6.07) is 37.1. The molecule has 0 amide bonds. The molecule has 0 heterocycles. The highest BCUT2D eigenvalue weighted by Gasteiger charge is 2.46. The van der Waals surface area contributed by atoms with Crippen LogP contribution in [-0.4, -0.2) is 0 Å². The van der Waals surface area contributed by atoms with E-state index in [1.54, 1.807) is 11.1 Å². The summed E-state index contributed by atoms with van der Waals surface area (Å²) in [6.45, 7) is 4.67. The van der Waals surface area contributed by atoms with Gasteiger partial charge in [-0.05, 0) is 78.2 Å². The Morgan fingerprint density at radius 1 is 0.366 bits per heavy atom. The fraction of sp³-hybridized carbons (Fsp3) is 0.317. The highest BCUT2D eigenvalue weighted by molar-refractivity contribution is 6.25. The molecule has 206 valence electrons. The molecule has 0 nitrogen and oxygen atoms in total. The van der Waals surface area contributed by atoms with E-state index in [1.807, 2.05) is 0 Å². The van der Waals surface area contributed by atoms with Crippen molar-refractivity contribution in [3.05, 3.63) is 108 Å². The van der Waals surface area contributed by atoms with Crippen molar-refractivity contribution in [2.24, 2.45) is 0 Å². The van der Waals surface area contributed by atoms with Crippen LogP contribution in [0.25, 0.3) is 54.2 Å². The summed E-state index contributed by atoms with van der Waals surface area (Å²) in [4.78, 5) is 0. The smallest absolute Gasteiger partial charge is 0.0228 e. The van der Waals surface area contributed by atoms with E-state index in [1.165, 1.54) is 118 Å². The van der Waals surface area contributed by atoms with Crippen molar-refractivity contribution in [2.75, 3.05) is 0 Å². The van der Waals surface area contributed by atoms with E-state index in [2.05, 4.69) is 111 Å². The molecule has 7 rings (SSSR count). The van der Waals surface area contributed by atoms with Crippen molar-refractivity contribution in [2.45, 2.75) is 83.5 Å². The molecule has 0 bridgehead atoms. The molecular weight excluding hydrogens is 492 g/mol. The van der Waals surface area contributed by atoms with Crippen LogP contribution in [0.3, 0.4) is 0 Å². The molecule has 41 heavy (non-hydrogen) atoms. The minimum absolute atomic E-state index is 0.0133. The second-order valence-electron chi connectivity index (χ2n) is 12.4. The third kappa shape index (κ3) is 4.10. The second-order valence-corrected chi connectivity index (χ2v) is 12.4. The summed E-state index contributed by atoms with van der Waals surface area (Å²) >= 11 is 0. The highest BCUT2D eigenvalue weighted by atomic mass is 14.5. The van der Waals surface area contributed by atoms with E-state index in [0.717, 1.165) is 0 Å². The van der Waals surface area contributed by atoms with Crippen LogP contribution in [0, 0.1) is 0 Å². The first-order chi connectivity index (χ1) is 20.3. The number of rotatable bonds is 10. The average molecular weight is 535 g/mol. The van der Waals surface area contributed by atoms with E-state index in [9.17, 15) is 0 Å². The van der Waals surface area contributed by atoms with Gasteiger partial charge in [0.05, 0.1) is 0 Å². The van der Waals surface area contributed by atoms with Gasteiger partial charge in [0, 0.05) is 5.41 Å². The molecule has 6 aromatic carbocycles. The summed E-state index contributed by atoms with van der Waals surface area (Å²) in [5.74, 6) is 0. The highest BCUT2D eigenvalue weighted by Crippen LogP contribution is 2.62. The first-order valence-corrected chi connectivity index (χ1v) is 16.2. The zero-order chi connectivity index (χ0) is 27.8. The summed E-state index contributed by atoms with van der Waals surface area (Å²) in [6.07, 6.45) is 12.8. The van der Waals surface area contributed by atoms with Crippen molar-refractivity contribution in [1.82, 2.24) is 0 Å². The summed E-state index contributed by atoms with van der Waals surface area (Å²) in [7, 11) is 0. The maximum atomic E-state index is 2.43. The number of fused-ring (bicyclic) bond motifs is 13. The average Bonchev–Trinajstić information content (AvgIpc) is 3.33. The predicted molar refractivity (Wildman–Crippen MR) is 180 cm³/mol. The molecule has 0 atom stereocenters. The molecule has 0 N–H and O–H groups in total. The molecule has 1 aliphatic rings. The SMILES string of the molecule is CCCCCCC1(CCCCCC)c2c(c3ccccc3c3ccccc23)-c2c1c1ccccc1c1ccccc21. The lowest BCUT2D eigenvalue weighted by Crippen LogP contribution is -2.26. The lowest BCUT2D eigenvalue weighted by Gasteiger charge is -2.35. The predicted octanol–water partition coefficient (Wildman–Crippen LogP) is 12.5. The molecule has 0 radical (unpaired) electrons. The Labute approximate surface area is 245 Å². The Hall–Kier alpha value is -3.64. The van der Waals surface area contributed by atoms with Crippen LogP contribution in [-0.2, 0) is 5.41 Å². The van der Waals surface area contributed by atoms with Gasteiger partial charge in [-0.15, -0.1) is 0 Å². The van der Waals surface area contributed by atoms with Gasteiger partial charge >= 0.3 is 0 Å². The first kappa shape index (κ1) is 26.3. The number of hydrogen-bond donors (Lipinski definition) is 0. The summed E-state index contributed by atoms with van der Waals surface area (Å²) < 4.78 is 0. The molecule has 0 heteroatoms. The van der Waals surface area contributed by atoms with E-state index in [0.29, 0.717) is 0 Å². The molecule has 0 spiro atoms. The van der Waals surface area contributed by atoms with E-state index in [4.69, 9.17) is 0 Å². The summed E-state index contributed by atoms with van der Waals surface area (Å²) in [5.41, 5.74) is 6.29. The standard InChI is InChI=1S/C41H42/c1-3-5-7-17-27-41(28-18-8-6-4-2)39-35-25-15-11-21-31(35)29-19-9-13-23-33(29)37(39)38-34-24-14-10-20-30(34)32-22-12-16-26-36(32)40(38)41/h9-16,19-26H,3-8,17-18,27-28H2,1-2H3. The Morgan fingerprint density at radius 2 is 0.683 bits per heavy atom. The van der Waals surface area contributed by atoms with Crippen LogP contribution in [0.5, 0.6) is 0 Å². The summed E-state index contributed by atoms with van der Waals surface area (Å²) in [5, 5.41) is 11.4. The van der Waals surface area contributed by atoms with Crippen LogP contribution in [0.2, 0.25) is 0 Å². The fourth-order valence-electron chi connectivity index (χ4n) is 8.25. The molecule has 0 fully saturated rings. The zero-order valence-corrected chi connectivity index (χ0v) is 24.8. The fourth-order valence-corrected chi connectivity index (χ4v) is 8.25. The lowest BCUT2D eigenvalue weighted by atomic mass is 9.68. The third-order valence-corrected chi connectivity index (χ3v) is 9.99. The van der Waals surface area contributed by atoms with Gasteiger partial charge in [-0.25, -0.2) is 0 Å². The minimum atomic E-state index is 0.0133. The normalized spacial score (nSPS) is 13.8. The number of benzene rings is 6. The first-order valence-electron chi connectivity index (χ1n) is 16.2. The quantitative estimate of drug-likeness (QED) is 0.121. The van der Waals surface area contributed by atoms with E-state index in [-0.39, 0.29) is 5.41 Å². The maximum Gasteiger partial charge on any atom is 0.0228 e. The van der Waals surface area contributed by atoms with E-state index < -0.39 is 0 Å². The lowest BCUT2D eigenvalue weighted by molar-refractivity contribution is 0.406. The Morgan fingerprint density at radius 3 is 1.05 bits per heavy atom. The van der Waals surface area contributed by atoms with Crippen LogP contribution in [0.4, 0.5) is 0 Å². The molecule has 0 saturated carbocycles. The molecule has 0 unspecified atom stereocenters. The molecular formula is C41H42. The number of unbranched alkanes of at least 4 members (excludes halogenated alkanes) is 6. The Balaban J connectivity index is 1.67. The van der Waals surface area contributed by atoms with Gasteiger partial charge in [0.25, 0.3) is 0 Å². The largest absolute Gasteiger partial charge is 0.0654 e. The topological polar surface area (TPSA) is 0 Å². The van der Waals surface area contributed by atoms with Crippen molar-refractivity contribution in [3.63, 3.8) is 0 Å².